The Labute approximate surface area is 98.4 Å². The first-order chi connectivity index (χ1) is 8.09. The zero-order valence-corrected chi connectivity index (χ0v) is 9.18. The second kappa shape index (κ2) is 6.42. The molecule has 2 N–H and O–H groups in total. The van der Waals surface area contributed by atoms with E-state index in [1.807, 2.05) is 0 Å². The largest absolute Gasteiger partial charge is 0.481 e. The lowest BCUT2D eigenvalue weighted by molar-refractivity contribution is -0.136. The van der Waals surface area contributed by atoms with Crippen LogP contribution in [0, 0.1) is 0 Å². The van der Waals surface area contributed by atoms with Crippen molar-refractivity contribution in [1.82, 2.24) is 5.32 Å². The van der Waals surface area contributed by atoms with Crippen molar-refractivity contribution in [3.63, 3.8) is 0 Å². The SMILES string of the molecule is O=C(O)CCNC(=O)CC(=O)c1ccccc1. The number of benzene rings is 1. The van der Waals surface area contributed by atoms with Gasteiger partial charge in [-0.1, -0.05) is 30.3 Å². The van der Waals surface area contributed by atoms with Crippen molar-refractivity contribution in [3.05, 3.63) is 35.9 Å². The number of amides is 1. The molecule has 0 aliphatic carbocycles. The van der Waals surface area contributed by atoms with Crippen LogP contribution in [0.1, 0.15) is 23.2 Å². The van der Waals surface area contributed by atoms with Crippen LogP contribution in [0.15, 0.2) is 30.3 Å². The third kappa shape index (κ3) is 4.92. The van der Waals surface area contributed by atoms with Gasteiger partial charge in [-0.2, -0.15) is 0 Å². The molecule has 1 rings (SSSR count). The third-order valence-electron chi connectivity index (χ3n) is 2.08. The van der Waals surface area contributed by atoms with E-state index in [0.717, 1.165) is 0 Å². The second-order valence-electron chi connectivity index (χ2n) is 3.46. The topological polar surface area (TPSA) is 83.5 Å². The van der Waals surface area contributed by atoms with Crippen molar-refractivity contribution in [2.24, 2.45) is 0 Å². The number of aliphatic carboxylic acids is 1. The van der Waals surface area contributed by atoms with E-state index in [1.54, 1.807) is 30.3 Å². The Morgan fingerprint density at radius 1 is 1.12 bits per heavy atom. The fraction of sp³-hybridized carbons (Fsp3) is 0.250. The van der Waals surface area contributed by atoms with E-state index in [2.05, 4.69) is 5.32 Å². The van der Waals surface area contributed by atoms with Gasteiger partial charge in [0, 0.05) is 12.1 Å². The quantitative estimate of drug-likeness (QED) is 0.565. The van der Waals surface area contributed by atoms with Crippen molar-refractivity contribution in [3.8, 4) is 0 Å². The number of Topliss-reactive ketones (excluding diaryl/α,β-unsaturated/α-hetero) is 1. The van der Waals surface area contributed by atoms with Gasteiger partial charge in [-0.3, -0.25) is 14.4 Å². The van der Waals surface area contributed by atoms with Crippen LogP contribution in [0.2, 0.25) is 0 Å². The van der Waals surface area contributed by atoms with Crippen molar-refractivity contribution in [2.75, 3.05) is 6.54 Å². The van der Waals surface area contributed by atoms with E-state index >= 15 is 0 Å². The van der Waals surface area contributed by atoms with Crippen LogP contribution in [0.25, 0.3) is 0 Å². The van der Waals surface area contributed by atoms with Gasteiger partial charge >= 0.3 is 5.97 Å². The zero-order chi connectivity index (χ0) is 12.7. The summed E-state index contributed by atoms with van der Waals surface area (Å²) in [6.07, 6.45) is -0.408. The van der Waals surface area contributed by atoms with Crippen LogP contribution in [-0.2, 0) is 9.59 Å². The molecule has 1 amide bonds. The minimum absolute atomic E-state index is 0.0379. The van der Waals surface area contributed by atoms with Crippen molar-refractivity contribution in [1.29, 1.82) is 0 Å². The Morgan fingerprint density at radius 2 is 1.76 bits per heavy atom. The molecule has 0 saturated carbocycles. The predicted molar refractivity (Wildman–Crippen MR) is 60.7 cm³/mol. The molecular weight excluding hydrogens is 222 g/mol. The van der Waals surface area contributed by atoms with Crippen molar-refractivity contribution in [2.45, 2.75) is 12.8 Å². The van der Waals surface area contributed by atoms with E-state index in [9.17, 15) is 14.4 Å². The van der Waals surface area contributed by atoms with Gasteiger partial charge in [-0.25, -0.2) is 0 Å². The number of rotatable bonds is 6. The maximum absolute atomic E-state index is 11.6. The number of ketones is 1. The van der Waals surface area contributed by atoms with Gasteiger partial charge in [-0.15, -0.1) is 0 Å². The molecule has 0 heterocycles. The average molecular weight is 235 g/mol. The Morgan fingerprint density at radius 3 is 2.35 bits per heavy atom. The minimum atomic E-state index is -0.986. The van der Waals surface area contributed by atoms with Crippen LogP contribution >= 0.6 is 0 Å². The summed E-state index contributed by atoms with van der Waals surface area (Å²) < 4.78 is 0. The first kappa shape index (κ1) is 12.9. The summed E-state index contributed by atoms with van der Waals surface area (Å²) in [5.74, 6) is -1.72. The smallest absolute Gasteiger partial charge is 0.305 e. The summed E-state index contributed by atoms with van der Waals surface area (Å²) in [5.41, 5.74) is 0.473. The molecule has 1 aromatic rings. The summed E-state index contributed by atoms with van der Waals surface area (Å²) in [6.45, 7) is 0.0379. The van der Waals surface area contributed by atoms with E-state index in [1.165, 1.54) is 0 Å². The fourth-order valence-corrected chi connectivity index (χ4v) is 1.24. The van der Waals surface area contributed by atoms with Gasteiger partial charge in [0.25, 0.3) is 0 Å². The highest BCUT2D eigenvalue weighted by Crippen LogP contribution is 2.02. The van der Waals surface area contributed by atoms with E-state index in [-0.39, 0.29) is 25.2 Å². The molecule has 0 atom stereocenters. The molecule has 0 bridgehead atoms. The zero-order valence-electron chi connectivity index (χ0n) is 9.18. The van der Waals surface area contributed by atoms with Crippen molar-refractivity contribution < 1.29 is 19.5 Å². The molecule has 0 aromatic heterocycles. The summed E-state index contributed by atoms with van der Waals surface area (Å²) in [6, 6.07) is 8.48. The molecular formula is C12H13NO4. The van der Waals surface area contributed by atoms with E-state index < -0.39 is 11.9 Å². The predicted octanol–water partition coefficient (Wildman–Crippen LogP) is 0.850. The Kier molecular flexibility index (Phi) is 4.87. The average Bonchev–Trinajstić information content (AvgIpc) is 2.29. The number of hydrogen-bond acceptors (Lipinski definition) is 3. The number of carboxylic acids is 1. The molecule has 0 radical (unpaired) electrons. The number of carboxylic acid groups (broad SMARTS) is 1. The Bertz CT molecular complexity index is 414. The molecule has 0 aliphatic heterocycles. The number of carbonyl (C=O) groups is 3. The fourth-order valence-electron chi connectivity index (χ4n) is 1.24. The molecule has 17 heavy (non-hydrogen) atoms. The van der Waals surface area contributed by atoms with Gasteiger partial charge < -0.3 is 10.4 Å². The Hall–Kier alpha value is -2.17. The molecule has 0 unspecified atom stereocenters. The molecule has 5 heteroatoms. The summed E-state index contributed by atoms with van der Waals surface area (Å²) in [5, 5.41) is 10.7. The van der Waals surface area contributed by atoms with Gasteiger partial charge in [0.05, 0.1) is 12.8 Å². The number of hydrogen-bond donors (Lipinski definition) is 2. The lowest BCUT2D eigenvalue weighted by atomic mass is 10.1. The monoisotopic (exact) mass is 235 g/mol. The first-order valence-corrected chi connectivity index (χ1v) is 5.16. The maximum atomic E-state index is 11.6. The third-order valence-corrected chi connectivity index (χ3v) is 2.08. The highest BCUT2D eigenvalue weighted by molar-refractivity contribution is 6.07. The van der Waals surface area contributed by atoms with Gasteiger partial charge in [0.2, 0.25) is 5.91 Å². The van der Waals surface area contributed by atoms with Gasteiger partial charge in [0.15, 0.2) is 5.78 Å². The molecule has 5 nitrogen and oxygen atoms in total. The molecule has 0 spiro atoms. The minimum Gasteiger partial charge on any atom is -0.481 e. The van der Waals surface area contributed by atoms with Crippen LogP contribution in [0.5, 0.6) is 0 Å². The van der Waals surface area contributed by atoms with Gasteiger partial charge in [-0.05, 0) is 0 Å². The van der Waals surface area contributed by atoms with E-state index in [0.29, 0.717) is 5.56 Å². The van der Waals surface area contributed by atoms with Crippen LogP contribution in [0.4, 0.5) is 0 Å². The first-order valence-electron chi connectivity index (χ1n) is 5.16. The van der Waals surface area contributed by atoms with Crippen LogP contribution < -0.4 is 5.32 Å². The summed E-state index contributed by atoms with van der Waals surface area (Å²) in [4.78, 5) is 33.1. The maximum Gasteiger partial charge on any atom is 0.305 e. The number of nitrogens with one attached hydrogen (secondary N) is 1. The van der Waals surface area contributed by atoms with Gasteiger partial charge in [0.1, 0.15) is 0 Å². The second-order valence-corrected chi connectivity index (χ2v) is 3.46. The molecule has 90 valence electrons. The highest BCUT2D eigenvalue weighted by atomic mass is 16.4. The lowest BCUT2D eigenvalue weighted by Gasteiger charge is -2.02. The normalized spacial score (nSPS) is 9.65. The summed E-state index contributed by atoms with van der Waals surface area (Å²) in [7, 11) is 0. The molecule has 0 saturated heterocycles. The number of carbonyl (C=O) groups excluding carboxylic acids is 2. The Balaban J connectivity index is 2.36. The van der Waals surface area contributed by atoms with Crippen molar-refractivity contribution >= 4 is 17.7 Å². The molecule has 0 fully saturated rings. The molecule has 0 aliphatic rings. The summed E-state index contributed by atoms with van der Waals surface area (Å²) >= 11 is 0. The molecule has 1 aromatic carbocycles. The standard InChI is InChI=1S/C12H13NO4/c14-10(9-4-2-1-3-5-9)8-11(15)13-7-6-12(16)17/h1-5H,6-8H2,(H,13,15)(H,16,17). The van der Waals surface area contributed by atoms with Crippen LogP contribution in [-0.4, -0.2) is 29.3 Å². The lowest BCUT2D eigenvalue weighted by Crippen LogP contribution is -2.27. The highest BCUT2D eigenvalue weighted by Gasteiger charge is 2.11. The van der Waals surface area contributed by atoms with Crippen LogP contribution in [0.3, 0.4) is 0 Å². The van der Waals surface area contributed by atoms with E-state index in [4.69, 9.17) is 5.11 Å².